The summed E-state index contributed by atoms with van der Waals surface area (Å²) in [5.74, 6) is -0.834. The van der Waals surface area contributed by atoms with Crippen LogP contribution in [-0.2, 0) is 9.84 Å². The maximum Gasteiger partial charge on any atom is 0.255 e. The number of sulfone groups is 1. The van der Waals surface area contributed by atoms with E-state index >= 15 is 0 Å². The fourth-order valence-electron chi connectivity index (χ4n) is 1.63. The molecule has 2 rings (SSSR count). The fraction of sp³-hybridized carbons (Fsp3) is 0.0714. The molecule has 0 aliphatic rings. The Labute approximate surface area is 130 Å². The number of halogens is 2. The van der Waals surface area contributed by atoms with Crippen LogP contribution in [0.15, 0.2) is 51.8 Å². The molecule has 0 saturated carbocycles. The van der Waals surface area contributed by atoms with Gasteiger partial charge in [-0.2, -0.15) is 0 Å². The number of nitrogens with one attached hydrogen (secondary N) is 1. The lowest BCUT2D eigenvalue weighted by molar-refractivity contribution is 0.102. The number of anilines is 1. The Hall–Kier alpha value is -1.73. The molecule has 2 aromatic carbocycles. The third-order valence-corrected chi connectivity index (χ3v) is 4.46. The number of hydrogen-bond acceptors (Lipinski definition) is 3. The number of benzene rings is 2. The summed E-state index contributed by atoms with van der Waals surface area (Å²) in [4.78, 5) is 12.1. The van der Waals surface area contributed by atoms with Crippen LogP contribution < -0.4 is 5.32 Å². The molecule has 0 radical (unpaired) electrons. The first kappa shape index (κ1) is 15.7. The van der Waals surface area contributed by atoms with Gasteiger partial charge in [0.05, 0.1) is 9.37 Å². The van der Waals surface area contributed by atoms with Crippen LogP contribution in [0, 0.1) is 5.82 Å². The summed E-state index contributed by atoms with van der Waals surface area (Å²) in [6, 6.07) is 9.68. The predicted octanol–water partition coefficient (Wildman–Crippen LogP) is 3.24. The second kappa shape index (κ2) is 5.95. The Kier molecular flexibility index (Phi) is 4.43. The molecule has 0 atom stereocenters. The van der Waals surface area contributed by atoms with Crippen molar-refractivity contribution in [1.82, 2.24) is 0 Å². The molecule has 7 heteroatoms. The van der Waals surface area contributed by atoms with E-state index in [0.29, 0.717) is 11.3 Å². The summed E-state index contributed by atoms with van der Waals surface area (Å²) in [7, 11) is -3.29. The Morgan fingerprint density at radius 2 is 1.76 bits per heavy atom. The first-order chi connectivity index (χ1) is 9.77. The highest BCUT2D eigenvalue weighted by Gasteiger charge is 2.10. The van der Waals surface area contributed by atoms with Gasteiger partial charge in [-0.1, -0.05) is 0 Å². The molecule has 0 aliphatic heterocycles. The number of carbonyl (C=O) groups excluding carboxylic acids is 1. The summed E-state index contributed by atoms with van der Waals surface area (Å²) >= 11 is 3.03. The van der Waals surface area contributed by atoms with Crippen molar-refractivity contribution in [3.05, 3.63) is 58.3 Å². The highest BCUT2D eigenvalue weighted by Crippen LogP contribution is 2.20. The summed E-state index contributed by atoms with van der Waals surface area (Å²) in [6.45, 7) is 0. The minimum Gasteiger partial charge on any atom is -0.322 e. The number of carbonyl (C=O) groups is 1. The average molecular weight is 372 g/mol. The predicted molar refractivity (Wildman–Crippen MR) is 81.6 cm³/mol. The molecule has 110 valence electrons. The SMILES string of the molecule is CS(=O)(=O)c1ccc(C(=O)Nc2ccc(F)c(Br)c2)cc1. The molecule has 21 heavy (non-hydrogen) atoms. The maximum absolute atomic E-state index is 13.1. The standard InChI is InChI=1S/C14H11BrFNO3S/c1-21(19,20)11-5-2-9(3-6-11)14(18)17-10-4-7-13(16)12(15)8-10/h2-8H,1H3,(H,17,18). The van der Waals surface area contributed by atoms with Gasteiger partial charge in [0.1, 0.15) is 5.82 Å². The molecule has 0 spiro atoms. The van der Waals surface area contributed by atoms with E-state index in [1.54, 1.807) is 0 Å². The van der Waals surface area contributed by atoms with Crippen LogP contribution >= 0.6 is 15.9 Å². The van der Waals surface area contributed by atoms with E-state index in [-0.39, 0.29) is 9.37 Å². The summed E-state index contributed by atoms with van der Waals surface area (Å²) < 4.78 is 36.0. The van der Waals surface area contributed by atoms with Gasteiger partial charge in [0.2, 0.25) is 0 Å². The number of amides is 1. The topological polar surface area (TPSA) is 63.2 Å². The van der Waals surface area contributed by atoms with Crippen LogP contribution in [0.4, 0.5) is 10.1 Å². The molecule has 0 bridgehead atoms. The van der Waals surface area contributed by atoms with E-state index in [0.717, 1.165) is 6.26 Å². The zero-order chi connectivity index (χ0) is 15.6. The van der Waals surface area contributed by atoms with Crippen molar-refractivity contribution in [3.63, 3.8) is 0 Å². The molecule has 0 heterocycles. The molecular formula is C14H11BrFNO3S. The minimum absolute atomic E-state index is 0.142. The van der Waals surface area contributed by atoms with Crippen molar-refractivity contribution in [3.8, 4) is 0 Å². The molecular weight excluding hydrogens is 361 g/mol. The molecule has 2 aromatic rings. The van der Waals surface area contributed by atoms with Crippen LogP contribution in [0.3, 0.4) is 0 Å². The largest absolute Gasteiger partial charge is 0.322 e. The third-order valence-electron chi connectivity index (χ3n) is 2.72. The average Bonchev–Trinajstić information content (AvgIpc) is 2.42. The first-order valence-corrected chi connectivity index (χ1v) is 8.52. The number of hydrogen-bond donors (Lipinski definition) is 1. The molecule has 4 nitrogen and oxygen atoms in total. The molecule has 1 N–H and O–H groups in total. The third kappa shape index (κ3) is 3.89. The van der Waals surface area contributed by atoms with Crippen molar-refractivity contribution in [2.45, 2.75) is 4.90 Å². The summed E-state index contributed by atoms with van der Waals surface area (Å²) in [5.41, 5.74) is 0.739. The van der Waals surface area contributed by atoms with Crippen LogP contribution in [-0.4, -0.2) is 20.6 Å². The quantitative estimate of drug-likeness (QED) is 0.900. The van der Waals surface area contributed by atoms with Gasteiger partial charge < -0.3 is 5.32 Å². The van der Waals surface area contributed by atoms with Crippen molar-refractivity contribution < 1.29 is 17.6 Å². The van der Waals surface area contributed by atoms with Gasteiger partial charge >= 0.3 is 0 Å². The van der Waals surface area contributed by atoms with E-state index in [4.69, 9.17) is 0 Å². The van der Waals surface area contributed by atoms with Gasteiger partial charge in [-0.15, -0.1) is 0 Å². The van der Waals surface area contributed by atoms with Gasteiger partial charge in [0.15, 0.2) is 9.84 Å². The molecule has 0 unspecified atom stereocenters. The lowest BCUT2D eigenvalue weighted by atomic mass is 10.2. The molecule has 0 aliphatic carbocycles. The van der Waals surface area contributed by atoms with Crippen molar-refractivity contribution in [2.24, 2.45) is 0 Å². The van der Waals surface area contributed by atoms with Crippen molar-refractivity contribution >= 4 is 37.4 Å². The minimum atomic E-state index is -3.29. The Balaban J connectivity index is 2.18. The fourth-order valence-corrected chi connectivity index (χ4v) is 2.64. The zero-order valence-corrected chi connectivity index (χ0v) is 13.3. The first-order valence-electron chi connectivity index (χ1n) is 5.84. The lowest BCUT2D eigenvalue weighted by Gasteiger charge is -2.06. The maximum atomic E-state index is 13.1. The molecule has 0 fully saturated rings. The summed E-state index contributed by atoms with van der Waals surface area (Å²) in [6.07, 6.45) is 1.10. The van der Waals surface area contributed by atoms with Crippen molar-refractivity contribution in [1.29, 1.82) is 0 Å². The van der Waals surface area contributed by atoms with Crippen LogP contribution in [0.2, 0.25) is 0 Å². The van der Waals surface area contributed by atoms with E-state index in [9.17, 15) is 17.6 Å². The highest BCUT2D eigenvalue weighted by atomic mass is 79.9. The van der Waals surface area contributed by atoms with Crippen LogP contribution in [0.1, 0.15) is 10.4 Å². The lowest BCUT2D eigenvalue weighted by Crippen LogP contribution is -2.12. The van der Waals surface area contributed by atoms with E-state index in [1.165, 1.54) is 42.5 Å². The second-order valence-corrected chi connectivity index (χ2v) is 7.25. The van der Waals surface area contributed by atoms with Crippen LogP contribution in [0.25, 0.3) is 0 Å². The van der Waals surface area contributed by atoms with E-state index in [1.807, 2.05) is 0 Å². The van der Waals surface area contributed by atoms with Gasteiger partial charge in [-0.25, -0.2) is 12.8 Å². The highest BCUT2D eigenvalue weighted by molar-refractivity contribution is 9.10. The number of rotatable bonds is 3. The van der Waals surface area contributed by atoms with Gasteiger partial charge in [0.25, 0.3) is 5.91 Å². The molecule has 0 aromatic heterocycles. The molecule has 1 amide bonds. The normalized spacial score (nSPS) is 11.2. The van der Waals surface area contributed by atoms with Crippen molar-refractivity contribution in [2.75, 3.05) is 11.6 Å². The summed E-state index contributed by atoms with van der Waals surface area (Å²) in [5, 5.41) is 2.60. The Bertz CT molecular complexity index is 788. The monoisotopic (exact) mass is 371 g/mol. The van der Waals surface area contributed by atoms with Gasteiger partial charge in [0, 0.05) is 17.5 Å². The smallest absolute Gasteiger partial charge is 0.255 e. The van der Waals surface area contributed by atoms with Crippen LogP contribution in [0.5, 0.6) is 0 Å². The van der Waals surface area contributed by atoms with Gasteiger partial charge in [-0.05, 0) is 58.4 Å². The van der Waals surface area contributed by atoms with Gasteiger partial charge in [-0.3, -0.25) is 4.79 Å². The van der Waals surface area contributed by atoms with E-state index < -0.39 is 21.6 Å². The molecule has 0 saturated heterocycles. The second-order valence-electron chi connectivity index (χ2n) is 4.38. The Morgan fingerprint density at radius 3 is 2.29 bits per heavy atom. The Morgan fingerprint density at radius 1 is 1.14 bits per heavy atom. The van der Waals surface area contributed by atoms with E-state index in [2.05, 4.69) is 21.2 Å². The zero-order valence-electron chi connectivity index (χ0n) is 10.9.